The lowest BCUT2D eigenvalue weighted by molar-refractivity contribution is 0.0741. The second-order valence-corrected chi connectivity index (χ2v) is 8.68. The number of H-pyrrole nitrogens is 1. The van der Waals surface area contributed by atoms with Gasteiger partial charge in [0, 0.05) is 67.6 Å². The van der Waals surface area contributed by atoms with Crippen molar-refractivity contribution < 1.29 is 4.79 Å². The van der Waals surface area contributed by atoms with Crippen LogP contribution in [0, 0.1) is 0 Å². The number of carbonyl (C=O) groups is 1. The van der Waals surface area contributed by atoms with E-state index in [0.717, 1.165) is 40.8 Å². The van der Waals surface area contributed by atoms with Crippen LogP contribution < -0.4 is 10.2 Å². The molecule has 4 aromatic rings. The maximum atomic E-state index is 13.2. The molecule has 5 heterocycles. The molecule has 0 atom stereocenters. The highest BCUT2D eigenvalue weighted by molar-refractivity contribution is 5.99. The van der Waals surface area contributed by atoms with Gasteiger partial charge in [-0.3, -0.25) is 9.79 Å². The number of aromatic amines is 1. The summed E-state index contributed by atoms with van der Waals surface area (Å²) in [5, 5.41) is 4.21. The zero-order valence-corrected chi connectivity index (χ0v) is 19.6. The van der Waals surface area contributed by atoms with E-state index < -0.39 is 0 Å². The first-order valence-electron chi connectivity index (χ1n) is 12.0. The lowest BCUT2D eigenvalue weighted by Crippen LogP contribution is -2.49. The molecule has 0 spiro atoms. The quantitative estimate of drug-likeness (QED) is 0.449. The van der Waals surface area contributed by atoms with Crippen LogP contribution in [-0.4, -0.2) is 68.1 Å². The molecule has 3 aromatic heterocycles. The van der Waals surface area contributed by atoms with Crippen LogP contribution >= 0.6 is 0 Å². The van der Waals surface area contributed by atoms with E-state index in [1.165, 1.54) is 0 Å². The van der Waals surface area contributed by atoms with Crippen LogP contribution in [-0.2, 0) is 0 Å². The molecule has 10 nitrogen and oxygen atoms in total. The monoisotopic (exact) mass is 479 g/mol. The van der Waals surface area contributed by atoms with E-state index in [4.69, 9.17) is 0 Å². The van der Waals surface area contributed by atoms with E-state index in [2.05, 4.69) is 46.2 Å². The zero-order valence-electron chi connectivity index (χ0n) is 19.6. The summed E-state index contributed by atoms with van der Waals surface area (Å²) in [6.45, 7) is 2.64. The first kappa shape index (κ1) is 21.9. The van der Waals surface area contributed by atoms with Crippen molar-refractivity contribution in [1.82, 2.24) is 29.8 Å². The lowest BCUT2D eigenvalue weighted by atomic mass is 10.2. The van der Waals surface area contributed by atoms with E-state index in [1.807, 2.05) is 41.4 Å². The number of amides is 1. The molecule has 0 radical (unpaired) electrons. The normalized spacial score (nSPS) is 15.7. The molecule has 10 heteroatoms. The number of anilines is 3. The van der Waals surface area contributed by atoms with Crippen molar-refractivity contribution in [3.63, 3.8) is 0 Å². The number of benzene rings is 1. The van der Waals surface area contributed by atoms with Gasteiger partial charge in [0.25, 0.3) is 5.91 Å². The molecule has 2 N–H and O–H groups in total. The van der Waals surface area contributed by atoms with Gasteiger partial charge in [-0.15, -0.1) is 0 Å². The number of aliphatic imine (C=N–C) groups is 1. The van der Waals surface area contributed by atoms with Gasteiger partial charge >= 0.3 is 0 Å². The van der Waals surface area contributed by atoms with E-state index in [1.54, 1.807) is 24.7 Å². The maximum absolute atomic E-state index is 13.2. The largest absolute Gasteiger partial charge is 0.351 e. The van der Waals surface area contributed by atoms with Crippen molar-refractivity contribution in [3.8, 4) is 0 Å². The van der Waals surface area contributed by atoms with Gasteiger partial charge in [-0.1, -0.05) is 6.08 Å². The Kier molecular flexibility index (Phi) is 5.82. The smallest absolute Gasteiger partial charge is 0.270 e. The Morgan fingerprint density at radius 2 is 1.81 bits per heavy atom. The highest BCUT2D eigenvalue weighted by atomic mass is 16.2. The molecule has 0 aliphatic carbocycles. The van der Waals surface area contributed by atoms with Crippen LogP contribution in [0.2, 0.25) is 0 Å². The van der Waals surface area contributed by atoms with Crippen molar-refractivity contribution in [3.05, 3.63) is 72.5 Å². The molecule has 0 saturated carbocycles. The summed E-state index contributed by atoms with van der Waals surface area (Å²) < 4.78 is 0. The fourth-order valence-electron chi connectivity index (χ4n) is 4.43. The minimum atomic E-state index is -0.00770. The summed E-state index contributed by atoms with van der Waals surface area (Å²) in [5.74, 6) is 1.19. The molecule has 1 aromatic carbocycles. The lowest BCUT2D eigenvalue weighted by Gasteiger charge is -2.34. The summed E-state index contributed by atoms with van der Waals surface area (Å²) in [6.07, 6.45) is 11.1. The molecule has 180 valence electrons. The Balaban J connectivity index is 1.14. The Morgan fingerprint density at radius 1 is 0.944 bits per heavy atom. The number of nitrogens with zero attached hydrogens (tertiary/aromatic N) is 7. The number of allylic oxidation sites excluding steroid dienone is 1. The fourth-order valence-corrected chi connectivity index (χ4v) is 4.43. The molecule has 1 saturated heterocycles. The number of piperazine rings is 1. The van der Waals surface area contributed by atoms with Gasteiger partial charge in [0.1, 0.15) is 5.69 Å². The maximum Gasteiger partial charge on any atom is 0.270 e. The van der Waals surface area contributed by atoms with Crippen molar-refractivity contribution in [2.75, 3.05) is 36.4 Å². The highest BCUT2D eigenvalue weighted by Crippen LogP contribution is 2.24. The van der Waals surface area contributed by atoms with Crippen LogP contribution in [0.1, 0.15) is 29.0 Å². The third-order valence-electron chi connectivity index (χ3n) is 6.29. The standard InChI is InChI=1S/C26H25N9O/c36-24(34-12-14-35(15-13-34)26-29-9-3-10-30-26)23-17-18-16-19(5-6-20(18)32-23)31-25-28-11-7-22(33-25)21-4-1-2-8-27-21/h3-11,16-17,32H,1-2,12-15H2,(H,28,31,33). The minimum absolute atomic E-state index is 0.00770. The predicted molar refractivity (Wildman–Crippen MR) is 139 cm³/mol. The second-order valence-electron chi connectivity index (χ2n) is 8.68. The topological polar surface area (TPSA) is 115 Å². The predicted octanol–water partition coefficient (Wildman–Crippen LogP) is 3.66. The van der Waals surface area contributed by atoms with E-state index in [0.29, 0.717) is 43.8 Å². The summed E-state index contributed by atoms with van der Waals surface area (Å²) in [7, 11) is 0. The van der Waals surface area contributed by atoms with Crippen molar-refractivity contribution >= 4 is 46.3 Å². The Morgan fingerprint density at radius 3 is 2.61 bits per heavy atom. The SMILES string of the molecule is O=C(c1cc2cc(Nc3nccc(C4=CCCC=N4)n3)ccc2[nH]1)N1CCN(c2ncccn2)CC1. The summed E-state index contributed by atoms with van der Waals surface area (Å²) in [4.78, 5) is 42.4. The highest BCUT2D eigenvalue weighted by Gasteiger charge is 2.24. The first-order valence-corrected chi connectivity index (χ1v) is 12.0. The number of rotatable bonds is 5. The average molecular weight is 480 g/mol. The third-order valence-corrected chi connectivity index (χ3v) is 6.29. The molecule has 1 fully saturated rings. The van der Waals surface area contributed by atoms with Crippen molar-refractivity contribution in [2.45, 2.75) is 12.8 Å². The number of carbonyl (C=O) groups excluding carboxylic acids is 1. The van der Waals surface area contributed by atoms with Crippen molar-refractivity contribution in [2.24, 2.45) is 4.99 Å². The zero-order chi connectivity index (χ0) is 24.3. The van der Waals surface area contributed by atoms with E-state index >= 15 is 0 Å². The first-order chi connectivity index (χ1) is 17.7. The molecular formula is C26H25N9O. The number of aromatic nitrogens is 5. The Labute approximate surface area is 207 Å². The number of nitrogens with one attached hydrogen (secondary N) is 2. The van der Waals surface area contributed by atoms with Gasteiger partial charge in [-0.2, -0.15) is 0 Å². The fraction of sp³-hybridized carbons (Fsp3) is 0.231. The molecular weight excluding hydrogens is 454 g/mol. The van der Waals surface area contributed by atoms with Gasteiger partial charge in [0.15, 0.2) is 0 Å². The van der Waals surface area contributed by atoms with Gasteiger partial charge in [0.2, 0.25) is 11.9 Å². The molecule has 2 aliphatic rings. The van der Waals surface area contributed by atoms with Crippen LogP contribution in [0.15, 0.2) is 66.1 Å². The summed E-state index contributed by atoms with van der Waals surface area (Å²) >= 11 is 0. The summed E-state index contributed by atoms with van der Waals surface area (Å²) in [5.41, 5.74) is 3.98. The molecule has 36 heavy (non-hydrogen) atoms. The van der Waals surface area contributed by atoms with Gasteiger partial charge in [-0.25, -0.2) is 19.9 Å². The molecule has 6 rings (SSSR count). The molecule has 0 unspecified atom stereocenters. The number of fused-ring (bicyclic) bond motifs is 1. The Hall–Kier alpha value is -4.60. The van der Waals surface area contributed by atoms with Gasteiger partial charge in [0.05, 0.1) is 11.4 Å². The van der Waals surface area contributed by atoms with E-state index in [9.17, 15) is 4.79 Å². The van der Waals surface area contributed by atoms with Gasteiger partial charge < -0.3 is 20.1 Å². The van der Waals surface area contributed by atoms with Crippen LogP contribution in [0.4, 0.5) is 17.6 Å². The molecule has 2 aliphatic heterocycles. The van der Waals surface area contributed by atoms with Crippen molar-refractivity contribution in [1.29, 1.82) is 0 Å². The van der Waals surface area contributed by atoms with Crippen LogP contribution in [0.5, 0.6) is 0 Å². The average Bonchev–Trinajstić information content (AvgIpc) is 3.37. The number of hydrogen-bond acceptors (Lipinski definition) is 8. The van der Waals surface area contributed by atoms with Crippen LogP contribution in [0.3, 0.4) is 0 Å². The number of hydrogen-bond donors (Lipinski definition) is 2. The molecule has 1 amide bonds. The molecule has 0 bridgehead atoms. The van der Waals surface area contributed by atoms with Crippen LogP contribution in [0.25, 0.3) is 16.6 Å². The minimum Gasteiger partial charge on any atom is -0.351 e. The second kappa shape index (κ2) is 9.57. The van der Waals surface area contributed by atoms with Gasteiger partial charge in [-0.05, 0) is 49.2 Å². The summed E-state index contributed by atoms with van der Waals surface area (Å²) in [6, 6.07) is 11.4. The van der Waals surface area contributed by atoms with E-state index in [-0.39, 0.29) is 5.91 Å². The Bertz CT molecular complexity index is 1450. The third kappa shape index (κ3) is 4.52.